The van der Waals surface area contributed by atoms with Crippen molar-refractivity contribution in [2.45, 2.75) is 4.90 Å². The van der Waals surface area contributed by atoms with Crippen LogP contribution in [-0.2, 0) is 9.84 Å². The van der Waals surface area contributed by atoms with Gasteiger partial charge in [-0.2, -0.15) is 0 Å². The second-order valence-corrected chi connectivity index (χ2v) is 6.82. The number of ether oxygens (including phenoxy) is 2. The van der Waals surface area contributed by atoms with Gasteiger partial charge in [0, 0.05) is 5.69 Å². The summed E-state index contributed by atoms with van der Waals surface area (Å²) in [6, 6.07) is 11.8. The monoisotopic (exact) mass is 317 g/mol. The quantitative estimate of drug-likeness (QED) is 0.877. The molecule has 0 saturated heterocycles. The van der Waals surface area contributed by atoms with Gasteiger partial charge in [-0.05, 0) is 42.0 Å². The van der Waals surface area contributed by atoms with E-state index in [1.807, 2.05) is 6.07 Å². The lowest BCUT2D eigenvalue weighted by molar-refractivity contribution is 0.324. The Morgan fingerprint density at radius 1 is 1.09 bits per heavy atom. The first-order chi connectivity index (χ1) is 10.5. The fraction of sp³-hybridized carbons (Fsp3) is 0.125. The van der Waals surface area contributed by atoms with Crippen LogP contribution in [0, 0.1) is 0 Å². The highest BCUT2D eigenvalue weighted by Gasteiger charge is 2.30. The van der Waals surface area contributed by atoms with Crippen molar-refractivity contribution in [2.24, 2.45) is 0 Å². The van der Waals surface area contributed by atoms with Crippen molar-refractivity contribution in [3.05, 3.63) is 52.9 Å². The zero-order valence-electron chi connectivity index (χ0n) is 11.9. The molecule has 1 heterocycles. The van der Waals surface area contributed by atoms with E-state index in [-0.39, 0.29) is 16.4 Å². The number of sulfone groups is 1. The van der Waals surface area contributed by atoms with Crippen LogP contribution in [0.1, 0.15) is 5.56 Å². The van der Waals surface area contributed by atoms with Crippen molar-refractivity contribution >= 4 is 21.6 Å². The summed E-state index contributed by atoms with van der Waals surface area (Å²) in [5, 5.41) is 0. The zero-order chi connectivity index (χ0) is 15.7. The van der Waals surface area contributed by atoms with Gasteiger partial charge in [0.1, 0.15) is 6.61 Å². The normalized spacial score (nSPS) is 15.0. The summed E-state index contributed by atoms with van der Waals surface area (Å²) < 4.78 is 35.7. The summed E-state index contributed by atoms with van der Waals surface area (Å²) in [7, 11) is -1.98. The predicted octanol–water partition coefficient (Wildman–Crippen LogP) is 2.48. The van der Waals surface area contributed by atoms with Crippen LogP contribution in [-0.4, -0.2) is 22.1 Å². The summed E-state index contributed by atoms with van der Waals surface area (Å²) >= 11 is 0. The molecular weight excluding hydrogens is 302 g/mol. The molecule has 6 heteroatoms. The summed E-state index contributed by atoms with van der Waals surface area (Å²) in [5.74, 6) is 1.05. The third-order valence-electron chi connectivity index (χ3n) is 3.42. The van der Waals surface area contributed by atoms with Gasteiger partial charge in [-0.15, -0.1) is 0 Å². The number of benzene rings is 2. The van der Waals surface area contributed by atoms with Gasteiger partial charge < -0.3 is 15.2 Å². The number of hydrogen-bond donors (Lipinski definition) is 1. The Hall–Kier alpha value is -2.47. The molecule has 2 aromatic carbocycles. The first kappa shape index (κ1) is 14.5. The molecule has 0 radical (unpaired) electrons. The summed E-state index contributed by atoms with van der Waals surface area (Å²) in [5.41, 5.74) is 6.82. The lowest BCUT2D eigenvalue weighted by atomic mass is 10.2. The van der Waals surface area contributed by atoms with E-state index in [1.165, 1.54) is 13.2 Å². The SMILES string of the molecule is COc1ccccc1OCC1=Cc2cc(N)ccc2S1(=O)=O. The molecule has 0 aromatic heterocycles. The number of fused-ring (bicyclic) bond motifs is 1. The molecule has 1 aliphatic rings. The maximum Gasteiger partial charge on any atom is 0.206 e. The van der Waals surface area contributed by atoms with E-state index in [1.54, 1.807) is 36.4 Å². The molecule has 114 valence electrons. The molecule has 0 fully saturated rings. The first-order valence-electron chi connectivity index (χ1n) is 6.63. The molecule has 2 aromatic rings. The van der Waals surface area contributed by atoms with Crippen molar-refractivity contribution in [1.82, 2.24) is 0 Å². The van der Waals surface area contributed by atoms with Gasteiger partial charge in [-0.25, -0.2) is 8.42 Å². The molecule has 22 heavy (non-hydrogen) atoms. The molecule has 0 aliphatic carbocycles. The zero-order valence-corrected chi connectivity index (χ0v) is 12.8. The number of hydrogen-bond acceptors (Lipinski definition) is 5. The van der Waals surface area contributed by atoms with Crippen molar-refractivity contribution in [2.75, 3.05) is 19.5 Å². The highest BCUT2D eigenvalue weighted by atomic mass is 32.2. The third kappa shape index (κ3) is 2.42. The van der Waals surface area contributed by atoms with Crippen molar-refractivity contribution in [1.29, 1.82) is 0 Å². The lowest BCUT2D eigenvalue weighted by Crippen LogP contribution is -2.09. The topological polar surface area (TPSA) is 78.6 Å². The van der Waals surface area contributed by atoms with Crippen LogP contribution < -0.4 is 15.2 Å². The van der Waals surface area contributed by atoms with Crippen molar-refractivity contribution < 1.29 is 17.9 Å². The standard InChI is InChI=1S/C16H15NO4S/c1-20-14-4-2-3-5-15(14)21-10-13-9-11-8-12(17)6-7-16(11)22(13,18)19/h2-9H,10,17H2,1H3. The van der Waals surface area contributed by atoms with Gasteiger partial charge in [0.2, 0.25) is 9.84 Å². The van der Waals surface area contributed by atoms with E-state index in [4.69, 9.17) is 15.2 Å². The lowest BCUT2D eigenvalue weighted by Gasteiger charge is -2.10. The minimum absolute atomic E-state index is 0.0582. The van der Waals surface area contributed by atoms with E-state index < -0.39 is 9.84 Å². The van der Waals surface area contributed by atoms with Gasteiger partial charge in [0.05, 0.1) is 16.9 Å². The number of nitrogens with two attached hydrogens (primary N) is 1. The van der Waals surface area contributed by atoms with E-state index in [9.17, 15) is 8.42 Å². The minimum atomic E-state index is -3.51. The summed E-state index contributed by atoms with van der Waals surface area (Å²) in [6.07, 6.45) is 1.59. The molecule has 1 aliphatic heterocycles. The molecular formula is C16H15NO4S. The first-order valence-corrected chi connectivity index (χ1v) is 8.11. The molecule has 0 spiro atoms. The molecule has 0 amide bonds. The number of anilines is 1. The van der Waals surface area contributed by atoms with Crippen LogP contribution in [0.2, 0.25) is 0 Å². The van der Waals surface area contributed by atoms with Gasteiger partial charge in [0.15, 0.2) is 11.5 Å². The van der Waals surface area contributed by atoms with E-state index in [2.05, 4.69) is 0 Å². The Morgan fingerprint density at radius 2 is 1.82 bits per heavy atom. The highest BCUT2D eigenvalue weighted by Crippen LogP contribution is 2.35. The summed E-state index contributed by atoms with van der Waals surface area (Å²) in [6.45, 7) is -0.0582. The van der Waals surface area contributed by atoms with E-state index in [0.717, 1.165) is 0 Å². The van der Waals surface area contributed by atoms with E-state index in [0.29, 0.717) is 22.7 Å². The van der Waals surface area contributed by atoms with Gasteiger partial charge >= 0.3 is 0 Å². The van der Waals surface area contributed by atoms with Crippen LogP contribution in [0.5, 0.6) is 11.5 Å². The fourth-order valence-electron chi connectivity index (χ4n) is 2.32. The van der Waals surface area contributed by atoms with Gasteiger partial charge in [0.25, 0.3) is 0 Å². The van der Waals surface area contributed by atoms with Crippen LogP contribution in [0.4, 0.5) is 5.69 Å². The Kier molecular flexibility index (Phi) is 3.54. The Morgan fingerprint density at radius 3 is 2.55 bits per heavy atom. The average molecular weight is 317 g/mol. The van der Waals surface area contributed by atoms with Gasteiger partial charge in [-0.3, -0.25) is 0 Å². The second-order valence-electron chi connectivity index (χ2n) is 4.85. The Bertz CT molecular complexity index is 856. The maximum atomic E-state index is 12.5. The molecule has 5 nitrogen and oxygen atoms in total. The second kappa shape index (κ2) is 5.38. The molecule has 0 saturated carbocycles. The number of nitrogen functional groups attached to an aromatic ring is 1. The highest BCUT2D eigenvalue weighted by molar-refractivity contribution is 7.95. The molecule has 0 bridgehead atoms. The largest absolute Gasteiger partial charge is 0.493 e. The molecule has 0 unspecified atom stereocenters. The predicted molar refractivity (Wildman–Crippen MR) is 84.5 cm³/mol. The number of rotatable bonds is 4. The molecule has 2 N–H and O–H groups in total. The van der Waals surface area contributed by atoms with Crippen molar-refractivity contribution in [3.63, 3.8) is 0 Å². The summed E-state index contributed by atoms with van der Waals surface area (Å²) in [4.78, 5) is 0.472. The average Bonchev–Trinajstić information content (AvgIpc) is 2.75. The van der Waals surface area contributed by atoms with Crippen LogP contribution in [0.25, 0.3) is 6.08 Å². The van der Waals surface area contributed by atoms with Crippen molar-refractivity contribution in [3.8, 4) is 11.5 Å². The smallest absolute Gasteiger partial charge is 0.206 e. The van der Waals surface area contributed by atoms with Crippen LogP contribution >= 0.6 is 0 Å². The molecule has 0 atom stereocenters. The maximum absolute atomic E-state index is 12.5. The Balaban J connectivity index is 1.87. The molecule has 3 rings (SSSR count). The van der Waals surface area contributed by atoms with Crippen LogP contribution in [0.15, 0.2) is 52.3 Å². The number of methoxy groups -OCH3 is 1. The Labute approximate surface area is 128 Å². The van der Waals surface area contributed by atoms with Gasteiger partial charge in [-0.1, -0.05) is 12.1 Å². The fourth-order valence-corrected chi connectivity index (χ4v) is 3.78. The third-order valence-corrected chi connectivity index (χ3v) is 5.30. The van der Waals surface area contributed by atoms with E-state index >= 15 is 0 Å². The number of para-hydroxylation sites is 2. The minimum Gasteiger partial charge on any atom is -0.493 e. The van der Waals surface area contributed by atoms with Crippen LogP contribution in [0.3, 0.4) is 0 Å².